The van der Waals surface area contributed by atoms with Gasteiger partial charge in [0.15, 0.2) is 0 Å². The summed E-state index contributed by atoms with van der Waals surface area (Å²) in [5, 5.41) is 38.1. The van der Waals surface area contributed by atoms with E-state index >= 15 is 0 Å². The van der Waals surface area contributed by atoms with Crippen molar-refractivity contribution in [1.82, 2.24) is 0 Å². The summed E-state index contributed by atoms with van der Waals surface area (Å²) in [6, 6.07) is 0. The Morgan fingerprint density at radius 3 is 0.421 bits per heavy atom. The average molecular weight is 348 g/mol. The second-order valence-corrected chi connectivity index (χ2v) is 4.20. The molecular weight excluding hydrogens is 320 g/mol. The summed E-state index contributed by atoms with van der Waals surface area (Å²) in [6.07, 6.45) is -1.67. The first kappa shape index (κ1) is 42.7. The fraction of sp³-hybridized carbons (Fsp3) is 1.00. The molecule has 19 heavy (non-hydrogen) atoms. The minimum Gasteiger partial charge on any atom is -2.00 e. The van der Waals surface area contributed by atoms with Crippen molar-refractivity contribution in [3.8, 4) is 0 Å². The van der Waals surface area contributed by atoms with Crippen LogP contribution in [0.4, 0.5) is 0 Å². The zero-order valence-electron chi connectivity index (χ0n) is 13.4. The smallest absolute Gasteiger partial charge is 2.00 e. The van der Waals surface area contributed by atoms with Crippen molar-refractivity contribution >= 4 is 0 Å². The zero-order valence-corrected chi connectivity index (χ0v) is 16.5. The monoisotopic (exact) mass is 348 g/mol. The van der Waals surface area contributed by atoms with Crippen LogP contribution in [0.1, 0.15) is 55.4 Å². The first-order valence-electron chi connectivity index (χ1n) is 5.56. The molecular formula is C12H28O5Ti2+2. The maximum absolute atomic E-state index is 9.53. The van der Waals surface area contributed by atoms with Gasteiger partial charge in [-0.1, -0.05) is 55.4 Å². The molecule has 0 aromatic rings. The Bertz CT molecular complexity index is 67.1. The van der Waals surface area contributed by atoms with Crippen molar-refractivity contribution < 1.29 is 69.3 Å². The molecule has 0 amide bonds. The second-order valence-electron chi connectivity index (χ2n) is 4.20. The molecule has 0 atom stereocenters. The normalized spacial score (nSPS) is 7.58. The minimum atomic E-state index is -0.417. The van der Waals surface area contributed by atoms with Crippen LogP contribution in [0.15, 0.2) is 0 Å². The Hall–Kier alpha value is 1.23. The third-order valence-corrected chi connectivity index (χ3v) is 0. The van der Waals surface area contributed by atoms with Crippen molar-refractivity contribution in [3.63, 3.8) is 0 Å². The molecule has 0 aliphatic carbocycles. The number of hydrogen-bond acceptors (Lipinski definition) is 4. The first-order valence-corrected chi connectivity index (χ1v) is 5.56. The van der Waals surface area contributed by atoms with E-state index in [4.69, 9.17) is 0 Å². The molecule has 0 heterocycles. The van der Waals surface area contributed by atoms with Crippen LogP contribution >= 0.6 is 0 Å². The van der Waals surface area contributed by atoms with Crippen LogP contribution < -0.4 is 20.4 Å². The van der Waals surface area contributed by atoms with E-state index in [0.717, 1.165) is 0 Å². The first-order chi connectivity index (χ1) is 6.93. The quantitative estimate of drug-likeness (QED) is 0.516. The fourth-order valence-corrected chi connectivity index (χ4v) is 0. The summed E-state index contributed by atoms with van der Waals surface area (Å²) >= 11 is 0. The molecule has 0 radical (unpaired) electrons. The van der Waals surface area contributed by atoms with E-state index in [2.05, 4.69) is 0 Å². The molecule has 0 fully saturated rings. The van der Waals surface area contributed by atoms with E-state index in [9.17, 15) is 20.4 Å². The van der Waals surface area contributed by atoms with Crippen molar-refractivity contribution in [1.29, 1.82) is 0 Å². The van der Waals surface area contributed by atoms with Crippen LogP contribution in [0.2, 0.25) is 0 Å². The van der Waals surface area contributed by atoms with Gasteiger partial charge in [-0.15, -0.1) is 24.4 Å². The molecule has 7 heteroatoms. The van der Waals surface area contributed by atoms with Crippen molar-refractivity contribution in [2.45, 2.75) is 79.8 Å². The summed E-state index contributed by atoms with van der Waals surface area (Å²) < 4.78 is 0. The molecule has 0 unspecified atom stereocenters. The molecule has 0 bridgehead atoms. The van der Waals surface area contributed by atoms with E-state index in [1.165, 1.54) is 0 Å². The van der Waals surface area contributed by atoms with Gasteiger partial charge < -0.3 is 25.9 Å². The van der Waals surface area contributed by atoms with Gasteiger partial charge in [0.1, 0.15) is 0 Å². The molecule has 112 valence electrons. The Labute approximate surface area is 148 Å². The summed E-state index contributed by atoms with van der Waals surface area (Å²) in [4.78, 5) is 0. The van der Waals surface area contributed by atoms with Crippen LogP contribution in [0.5, 0.6) is 0 Å². The molecule has 0 rings (SSSR count). The van der Waals surface area contributed by atoms with E-state index < -0.39 is 24.4 Å². The SMILES string of the molecule is CC(C)[O-].CC(C)[O-].CC(C)[O-].CC(C)[O-].[O-2].[Ti+4].[Ti+4]. The predicted octanol–water partition coefficient (Wildman–Crippen LogP) is -1.10. The third-order valence-electron chi connectivity index (χ3n) is 0. The topological polar surface area (TPSA) is 121 Å². The van der Waals surface area contributed by atoms with E-state index in [0.29, 0.717) is 0 Å². The third kappa shape index (κ3) is 3780. The van der Waals surface area contributed by atoms with E-state index in [1.54, 1.807) is 55.4 Å². The fourth-order valence-electron chi connectivity index (χ4n) is 0. The Balaban J connectivity index is -0.0000000192. The molecule has 0 saturated carbocycles. The number of hydrogen-bond donors (Lipinski definition) is 0. The largest absolute Gasteiger partial charge is 4.00 e. The average Bonchev–Trinajstić information content (AvgIpc) is 1.76. The molecule has 0 spiro atoms. The molecule has 0 saturated heterocycles. The van der Waals surface area contributed by atoms with Crippen LogP contribution in [-0.4, -0.2) is 24.4 Å². The van der Waals surface area contributed by atoms with Crippen molar-refractivity contribution in [3.05, 3.63) is 0 Å². The Morgan fingerprint density at radius 2 is 0.421 bits per heavy atom. The van der Waals surface area contributed by atoms with E-state index in [1.807, 2.05) is 0 Å². The van der Waals surface area contributed by atoms with Gasteiger partial charge in [0.05, 0.1) is 0 Å². The summed E-state index contributed by atoms with van der Waals surface area (Å²) in [5.74, 6) is 0. The van der Waals surface area contributed by atoms with Gasteiger partial charge in [-0.2, -0.15) is 0 Å². The maximum atomic E-state index is 9.53. The Morgan fingerprint density at radius 1 is 0.421 bits per heavy atom. The summed E-state index contributed by atoms with van der Waals surface area (Å²) in [7, 11) is 0. The van der Waals surface area contributed by atoms with Crippen molar-refractivity contribution in [2.75, 3.05) is 0 Å². The summed E-state index contributed by atoms with van der Waals surface area (Å²) in [5.41, 5.74) is 0. The Kier molecular flexibility index (Phi) is 82.1. The molecule has 0 aromatic carbocycles. The second kappa shape index (κ2) is 36.5. The zero-order chi connectivity index (χ0) is 14.3. The molecule has 0 aliphatic rings. The molecule has 0 aliphatic heterocycles. The van der Waals surface area contributed by atoms with Crippen molar-refractivity contribution in [2.24, 2.45) is 0 Å². The van der Waals surface area contributed by atoms with Gasteiger partial charge in [-0.25, -0.2) is 0 Å². The molecule has 0 N–H and O–H groups in total. The predicted molar refractivity (Wildman–Crippen MR) is 61.2 cm³/mol. The maximum Gasteiger partial charge on any atom is 4.00 e. The molecule has 5 nitrogen and oxygen atoms in total. The van der Waals surface area contributed by atoms with Gasteiger partial charge in [0.2, 0.25) is 0 Å². The van der Waals surface area contributed by atoms with Gasteiger partial charge in [0, 0.05) is 0 Å². The van der Waals surface area contributed by atoms with Crippen LogP contribution in [0.25, 0.3) is 0 Å². The number of rotatable bonds is 0. The molecule has 0 aromatic heterocycles. The van der Waals surface area contributed by atoms with Crippen LogP contribution in [0.3, 0.4) is 0 Å². The van der Waals surface area contributed by atoms with Gasteiger partial charge in [-0.05, 0) is 0 Å². The summed E-state index contributed by atoms with van der Waals surface area (Å²) in [6.45, 7) is 12.9. The standard InChI is InChI=1S/4C3H7O.O.2Ti/c4*1-3(2)4;;;/h4*3H,1-2H3;;;/q4*-1;-2;2*+4. The van der Waals surface area contributed by atoms with Gasteiger partial charge in [0.25, 0.3) is 0 Å². The van der Waals surface area contributed by atoms with Crippen LogP contribution in [0, 0.1) is 0 Å². The van der Waals surface area contributed by atoms with Gasteiger partial charge >= 0.3 is 43.4 Å². The van der Waals surface area contributed by atoms with E-state index in [-0.39, 0.29) is 48.9 Å². The van der Waals surface area contributed by atoms with Gasteiger partial charge in [-0.3, -0.25) is 0 Å². The van der Waals surface area contributed by atoms with Crippen LogP contribution in [-0.2, 0) is 48.9 Å². The minimum absolute atomic E-state index is 0.